The average Bonchev–Trinajstić information content (AvgIpc) is 2.68. The molecule has 0 spiro atoms. The van der Waals surface area contributed by atoms with E-state index in [1.54, 1.807) is 17.7 Å². The molecule has 0 aliphatic heterocycles. The molecule has 0 fully saturated rings. The molecule has 2 heterocycles. The van der Waals surface area contributed by atoms with Crippen LogP contribution in [-0.4, -0.2) is 9.97 Å². The second-order valence-corrected chi connectivity index (χ2v) is 5.36. The van der Waals surface area contributed by atoms with E-state index in [9.17, 15) is 0 Å². The van der Waals surface area contributed by atoms with E-state index in [0.717, 1.165) is 16.0 Å². The number of aromatic nitrogens is 2. The first kappa shape index (κ1) is 9.99. The van der Waals surface area contributed by atoms with Gasteiger partial charge in [-0.25, -0.2) is 15.8 Å². The van der Waals surface area contributed by atoms with E-state index >= 15 is 0 Å². The Morgan fingerprint density at radius 3 is 3.19 bits per heavy atom. The van der Waals surface area contributed by atoms with Crippen LogP contribution in [0.2, 0.25) is 0 Å². The molecule has 16 heavy (non-hydrogen) atoms. The van der Waals surface area contributed by atoms with Gasteiger partial charge in [0, 0.05) is 4.88 Å². The molecule has 1 atom stereocenters. The predicted molar refractivity (Wildman–Crippen MR) is 66.6 cm³/mol. The third-order valence-electron chi connectivity index (χ3n) is 3.27. The van der Waals surface area contributed by atoms with Gasteiger partial charge in [-0.2, -0.15) is 0 Å². The van der Waals surface area contributed by atoms with Crippen LogP contribution in [0, 0.1) is 0 Å². The second-order valence-electron chi connectivity index (χ2n) is 4.28. The number of anilines is 1. The van der Waals surface area contributed by atoms with Gasteiger partial charge in [0.1, 0.15) is 11.2 Å². The number of nitrogens with zero attached hydrogens (tertiary/aromatic N) is 2. The topological polar surface area (TPSA) is 63.8 Å². The number of hydrogen-bond acceptors (Lipinski definition) is 5. The fourth-order valence-electron chi connectivity index (χ4n) is 2.53. The number of hydrazine groups is 1. The molecule has 0 saturated heterocycles. The minimum Gasteiger partial charge on any atom is -0.308 e. The lowest BCUT2D eigenvalue weighted by molar-refractivity contribution is 0.602. The number of nitrogens with one attached hydrogen (secondary N) is 1. The van der Waals surface area contributed by atoms with Crippen molar-refractivity contribution in [1.29, 1.82) is 0 Å². The number of fused-ring (bicyclic) bond motifs is 3. The van der Waals surface area contributed by atoms with Gasteiger partial charge in [0.15, 0.2) is 5.82 Å². The molecule has 0 bridgehead atoms. The van der Waals surface area contributed by atoms with Gasteiger partial charge < -0.3 is 5.43 Å². The van der Waals surface area contributed by atoms with E-state index in [1.807, 2.05) is 0 Å². The molecule has 4 nitrogen and oxygen atoms in total. The fraction of sp³-hybridized carbons (Fsp3) is 0.455. The maximum absolute atomic E-state index is 5.52. The van der Waals surface area contributed by atoms with E-state index in [4.69, 9.17) is 5.84 Å². The molecule has 3 rings (SSSR count). The highest BCUT2D eigenvalue weighted by molar-refractivity contribution is 7.19. The first-order valence-electron chi connectivity index (χ1n) is 5.54. The highest BCUT2D eigenvalue weighted by Gasteiger charge is 2.24. The summed E-state index contributed by atoms with van der Waals surface area (Å²) in [6.45, 7) is 2.28. The fourth-order valence-corrected chi connectivity index (χ4v) is 3.83. The zero-order valence-corrected chi connectivity index (χ0v) is 9.97. The lowest BCUT2D eigenvalue weighted by Gasteiger charge is -2.19. The van der Waals surface area contributed by atoms with Gasteiger partial charge in [-0.15, -0.1) is 11.3 Å². The van der Waals surface area contributed by atoms with Gasteiger partial charge in [-0.3, -0.25) is 0 Å². The van der Waals surface area contributed by atoms with Crippen molar-refractivity contribution in [2.24, 2.45) is 5.84 Å². The molecule has 5 heteroatoms. The Balaban J connectivity index is 2.35. The van der Waals surface area contributed by atoms with Crippen LogP contribution in [-0.2, 0) is 6.42 Å². The quantitative estimate of drug-likeness (QED) is 0.587. The van der Waals surface area contributed by atoms with Crippen molar-refractivity contribution in [3.05, 3.63) is 16.8 Å². The smallest absolute Gasteiger partial charge is 0.152 e. The van der Waals surface area contributed by atoms with Crippen molar-refractivity contribution in [3.63, 3.8) is 0 Å². The van der Waals surface area contributed by atoms with Crippen molar-refractivity contribution in [2.45, 2.75) is 32.1 Å². The Kier molecular flexibility index (Phi) is 2.29. The minimum atomic E-state index is 0.593. The maximum atomic E-state index is 5.52. The van der Waals surface area contributed by atoms with E-state index in [2.05, 4.69) is 22.3 Å². The summed E-state index contributed by atoms with van der Waals surface area (Å²) in [5.74, 6) is 6.87. The Labute approximate surface area is 97.9 Å². The lowest BCUT2D eigenvalue weighted by atomic mass is 9.87. The van der Waals surface area contributed by atoms with E-state index in [0.29, 0.717) is 5.92 Å². The van der Waals surface area contributed by atoms with Crippen LogP contribution >= 0.6 is 11.3 Å². The predicted octanol–water partition coefficient (Wildman–Crippen LogP) is 2.42. The molecule has 84 valence electrons. The van der Waals surface area contributed by atoms with Gasteiger partial charge in [0.2, 0.25) is 0 Å². The van der Waals surface area contributed by atoms with Gasteiger partial charge in [-0.1, -0.05) is 6.92 Å². The summed E-state index contributed by atoms with van der Waals surface area (Å²) in [5, 5.41) is 1.14. The summed E-state index contributed by atoms with van der Waals surface area (Å²) in [7, 11) is 0. The van der Waals surface area contributed by atoms with Crippen molar-refractivity contribution in [2.75, 3.05) is 5.43 Å². The molecule has 0 amide bonds. The van der Waals surface area contributed by atoms with Crippen molar-refractivity contribution in [1.82, 2.24) is 9.97 Å². The van der Waals surface area contributed by atoms with Crippen LogP contribution in [0.3, 0.4) is 0 Å². The van der Waals surface area contributed by atoms with Gasteiger partial charge in [0.05, 0.1) is 5.39 Å². The molecule has 0 unspecified atom stereocenters. The Hall–Kier alpha value is -1.20. The highest BCUT2D eigenvalue weighted by Crippen LogP contribution is 2.43. The molecule has 0 saturated carbocycles. The summed E-state index contributed by atoms with van der Waals surface area (Å²) < 4.78 is 0. The maximum Gasteiger partial charge on any atom is 0.152 e. The summed E-state index contributed by atoms with van der Waals surface area (Å²) in [4.78, 5) is 11.1. The largest absolute Gasteiger partial charge is 0.308 e. The zero-order chi connectivity index (χ0) is 11.1. The van der Waals surface area contributed by atoms with Crippen LogP contribution in [0.5, 0.6) is 0 Å². The summed E-state index contributed by atoms with van der Waals surface area (Å²) in [5.41, 5.74) is 4.10. The molecular weight excluding hydrogens is 220 g/mol. The first-order chi connectivity index (χ1) is 7.81. The van der Waals surface area contributed by atoms with Crippen LogP contribution < -0.4 is 11.3 Å². The number of rotatable bonds is 1. The van der Waals surface area contributed by atoms with Crippen molar-refractivity contribution in [3.8, 4) is 0 Å². The zero-order valence-electron chi connectivity index (χ0n) is 9.16. The first-order valence-corrected chi connectivity index (χ1v) is 6.35. The van der Waals surface area contributed by atoms with Crippen molar-refractivity contribution >= 4 is 27.4 Å². The minimum absolute atomic E-state index is 0.593. The molecule has 0 aromatic carbocycles. The summed E-state index contributed by atoms with van der Waals surface area (Å²) in [6.07, 6.45) is 5.27. The average molecular weight is 234 g/mol. The number of hydrogen-bond donors (Lipinski definition) is 2. The number of aryl methyl sites for hydroxylation is 1. The number of thiophene rings is 1. The molecule has 2 aromatic rings. The molecule has 1 aliphatic rings. The van der Waals surface area contributed by atoms with Crippen molar-refractivity contribution < 1.29 is 0 Å². The standard InChI is InChI=1S/C11H14N4S/c1-6-3-2-4-7-8(6)9-10(15-12)13-5-14-11(9)16-7/h5-6H,2-4,12H2,1H3,(H,13,14,15)/t6-/m0/s1. The van der Waals surface area contributed by atoms with Crippen LogP contribution in [0.15, 0.2) is 6.33 Å². The van der Waals surface area contributed by atoms with Crippen LogP contribution in [0.4, 0.5) is 5.82 Å². The molecule has 2 aromatic heterocycles. The Bertz CT molecular complexity index is 534. The van der Waals surface area contributed by atoms with E-state index in [-0.39, 0.29) is 0 Å². The van der Waals surface area contributed by atoms with E-state index in [1.165, 1.54) is 29.7 Å². The second kappa shape index (κ2) is 3.68. The monoisotopic (exact) mass is 234 g/mol. The molecule has 1 aliphatic carbocycles. The molecule has 3 N–H and O–H groups in total. The lowest BCUT2D eigenvalue weighted by Crippen LogP contribution is -2.10. The van der Waals surface area contributed by atoms with Gasteiger partial charge >= 0.3 is 0 Å². The van der Waals surface area contributed by atoms with Gasteiger partial charge in [-0.05, 0) is 30.7 Å². The van der Waals surface area contributed by atoms with E-state index < -0.39 is 0 Å². The normalized spacial score (nSPS) is 19.8. The third kappa shape index (κ3) is 1.32. The summed E-state index contributed by atoms with van der Waals surface area (Å²) >= 11 is 1.79. The van der Waals surface area contributed by atoms with Crippen LogP contribution in [0.25, 0.3) is 10.2 Å². The Morgan fingerprint density at radius 1 is 1.50 bits per heavy atom. The third-order valence-corrected chi connectivity index (χ3v) is 4.45. The number of nitrogen functional groups attached to an aromatic ring is 1. The Morgan fingerprint density at radius 2 is 2.38 bits per heavy atom. The van der Waals surface area contributed by atoms with Gasteiger partial charge in [0.25, 0.3) is 0 Å². The summed E-state index contributed by atoms with van der Waals surface area (Å²) in [6, 6.07) is 0. The SMILES string of the molecule is C[C@H]1CCCc2sc3ncnc(NN)c3c21. The molecular formula is C11H14N4S. The number of nitrogens with two attached hydrogens (primary N) is 1. The highest BCUT2D eigenvalue weighted by atomic mass is 32.1. The van der Waals surface area contributed by atoms with Crippen LogP contribution in [0.1, 0.15) is 36.1 Å². The molecule has 0 radical (unpaired) electrons.